The van der Waals surface area contributed by atoms with Gasteiger partial charge in [0.1, 0.15) is 8.80 Å². The lowest BCUT2D eigenvalue weighted by Crippen LogP contribution is -2.69. The molecule has 0 amide bonds. The van der Waals surface area contributed by atoms with E-state index >= 15 is 0 Å². The van der Waals surface area contributed by atoms with Crippen LogP contribution < -0.4 is 0 Å². The Hall–Kier alpha value is 0.844. The topological polar surface area (TPSA) is 0 Å². The molecule has 0 aromatic heterocycles. The van der Waals surface area contributed by atoms with Crippen molar-refractivity contribution in [2.75, 3.05) is 6.30 Å². The standard InChI is InChI=1S/C18H39BrFSi2/c1-15(2,3)21(13-20)14(19)22(16(4,5)6,17(7,8)9)18(10,11)12/h14H,13H2,1-12H3. The van der Waals surface area contributed by atoms with Gasteiger partial charge in [-0.15, -0.1) is 0 Å². The van der Waals surface area contributed by atoms with Gasteiger partial charge in [-0.3, -0.25) is 4.39 Å². The van der Waals surface area contributed by atoms with E-state index < -0.39 is 16.9 Å². The van der Waals surface area contributed by atoms with E-state index in [1.165, 1.54) is 0 Å². The van der Waals surface area contributed by atoms with Crippen LogP contribution in [0.4, 0.5) is 4.39 Å². The van der Waals surface area contributed by atoms with Crippen molar-refractivity contribution in [3.63, 3.8) is 0 Å². The maximum absolute atomic E-state index is 14.1. The zero-order valence-corrected chi connectivity index (χ0v) is 20.6. The number of rotatable bonds is 3. The smallest absolute Gasteiger partial charge is 0.105 e. The van der Waals surface area contributed by atoms with E-state index in [2.05, 4.69) is 99.0 Å². The molecule has 0 saturated carbocycles. The molecule has 0 spiro atoms. The number of alkyl halides is 2. The molecular weight excluding hydrogens is 371 g/mol. The van der Waals surface area contributed by atoms with Crippen molar-refractivity contribution in [3.05, 3.63) is 0 Å². The van der Waals surface area contributed by atoms with Crippen LogP contribution >= 0.6 is 15.9 Å². The van der Waals surface area contributed by atoms with E-state index in [0.29, 0.717) is 4.07 Å². The highest BCUT2D eigenvalue weighted by atomic mass is 79.9. The van der Waals surface area contributed by atoms with Crippen molar-refractivity contribution in [1.82, 2.24) is 0 Å². The van der Waals surface area contributed by atoms with Gasteiger partial charge in [-0.25, -0.2) is 0 Å². The van der Waals surface area contributed by atoms with Gasteiger partial charge in [0.25, 0.3) is 0 Å². The lowest BCUT2D eigenvalue weighted by molar-refractivity contribution is 0.525. The second-order valence-corrected chi connectivity index (χ2v) is 24.1. The summed E-state index contributed by atoms with van der Waals surface area (Å²) in [7, 11) is -3.14. The van der Waals surface area contributed by atoms with Gasteiger partial charge in [-0.2, -0.15) is 0 Å². The van der Waals surface area contributed by atoms with Gasteiger partial charge in [0.05, 0.1) is 14.4 Å². The first-order valence-electron chi connectivity index (χ1n) is 8.42. The summed E-state index contributed by atoms with van der Waals surface area (Å²) >= 11 is 4.14. The highest BCUT2D eigenvalue weighted by Crippen LogP contribution is 2.65. The second-order valence-electron chi connectivity index (χ2n) is 10.8. The average Bonchev–Trinajstić information content (AvgIpc) is 2.07. The van der Waals surface area contributed by atoms with Crippen LogP contribution in [0.1, 0.15) is 83.1 Å². The zero-order chi connectivity index (χ0) is 18.4. The molecule has 0 aliphatic heterocycles. The number of hydrogen-bond donors (Lipinski definition) is 0. The summed E-state index contributed by atoms with van der Waals surface area (Å²) in [5.41, 5.74) is 0. The molecule has 0 saturated heterocycles. The Balaban J connectivity index is 6.56. The summed E-state index contributed by atoms with van der Waals surface area (Å²) in [5.74, 6) is 0. The fraction of sp³-hybridized carbons (Fsp3) is 1.00. The third-order valence-electron chi connectivity index (χ3n) is 5.34. The average molecular weight is 411 g/mol. The van der Waals surface area contributed by atoms with Gasteiger partial charge in [0.2, 0.25) is 0 Å². The Kier molecular flexibility index (Phi) is 6.88. The first kappa shape index (κ1) is 22.8. The van der Waals surface area contributed by atoms with E-state index in [1.54, 1.807) is 0 Å². The largest absolute Gasteiger partial charge is 0.255 e. The minimum Gasteiger partial charge on any atom is -0.255 e. The number of hydrogen-bond acceptors (Lipinski definition) is 0. The van der Waals surface area contributed by atoms with E-state index in [9.17, 15) is 4.39 Å². The van der Waals surface area contributed by atoms with Gasteiger partial charge in [-0.1, -0.05) is 99.0 Å². The lowest BCUT2D eigenvalue weighted by atomic mass is 10.2. The Morgan fingerprint density at radius 2 is 1.05 bits per heavy atom. The Bertz CT molecular complexity index is 330. The molecule has 4 heteroatoms. The first-order valence-corrected chi connectivity index (χ1v) is 13.2. The van der Waals surface area contributed by atoms with Gasteiger partial charge < -0.3 is 0 Å². The SMILES string of the molecule is CC(C)(C)[Si](CF)C(Br)[Si](C(C)(C)C)(C(C)(C)C)C(C)(C)C. The maximum Gasteiger partial charge on any atom is 0.105 e. The van der Waals surface area contributed by atoms with E-state index in [-0.39, 0.29) is 26.5 Å². The molecule has 22 heavy (non-hydrogen) atoms. The van der Waals surface area contributed by atoms with Crippen LogP contribution in [0.15, 0.2) is 0 Å². The van der Waals surface area contributed by atoms with Crippen LogP contribution in [0.25, 0.3) is 0 Å². The molecule has 0 heterocycles. The fourth-order valence-electron chi connectivity index (χ4n) is 5.43. The molecule has 0 nitrogen and oxygen atoms in total. The number of halogens is 2. The normalized spacial score (nSPS) is 17.0. The third-order valence-corrected chi connectivity index (χ3v) is 22.1. The molecule has 0 rings (SSSR count). The van der Waals surface area contributed by atoms with Crippen molar-refractivity contribution in [2.24, 2.45) is 0 Å². The van der Waals surface area contributed by atoms with E-state index in [1.807, 2.05) is 0 Å². The fourth-order valence-corrected chi connectivity index (χ4v) is 31.9. The molecular formula is C18H39BrFSi2. The molecule has 0 aliphatic carbocycles. The van der Waals surface area contributed by atoms with Crippen LogP contribution in [0.3, 0.4) is 0 Å². The van der Waals surface area contributed by atoms with E-state index in [4.69, 9.17) is 0 Å². The summed E-state index contributed by atoms with van der Waals surface area (Å²) in [5, 5.41) is 0.670. The summed E-state index contributed by atoms with van der Waals surface area (Å²) in [6.45, 7) is 28.2. The molecule has 1 radical (unpaired) electrons. The predicted octanol–water partition coefficient (Wildman–Crippen LogP) is 7.48. The molecule has 0 N–H and O–H groups in total. The van der Waals surface area contributed by atoms with Crippen molar-refractivity contribution in [1.29, 1.82) is 0 Å². The summed E-state index contributed by atoms with van der Waals surface area (Å²) in [6.07, 6.45) is -0.152. The van der Waals surface area contributed by atoms with E-state index in [0.717, 1.165) is 0 Å². The van der Waals surface area contributed by atoms with Gasteiger partial charge in [0, 0.05) is 4.07 Å². The molecule has 1 atom stereocenters. The minimum absolute atomic E-state index is 0.0631. The predicted molar refractivity (Wildman–Crippen MR) is 109 cm³/mol. The highest BCUT2D eigenvalue weighted by Gasteiger charge is 2.65. The lowest BCUT2D eigenvalue weighted by Gasteiger charge is -2.63. The Morgan fingerprint density at radius 3 is 1.18 bits per heavy atom. The maximum atomic E-state index is 14.1. The van der Waals surface area contributed by atoms with Crippen molar-refractivity contribution < 1.29 is 4.39 Å². The molecule has 0 aliphatic rings. The van der Waals surface area contributed by atoms with Crippen LogP contribution in [-0.2, 0) is 0 Å². The van der Waals surface area contributed by atoms with Crippen molar-refractivity contribution in [2.45, 2.75) is 107 Å². The summed E-state index contributed by atoms with van der Waals surface area (Å²) in [6, 6.07) is 0. The zero-order valence-electron chi connectivity index (χ0n) is 17.0. The van der Waals surface area contributed by atoms with Crippen LogP contribution in [0.2, 0.25) is 20.2 Å². The van der Waals surface area contributed by atoms with Crippen LogP contribution in [-0.4, -0.2) is 27.2 Å². The van der Waals surface area contributed by atoms with Crippen molar-refractivity contribution >= 4 is 32.8 Å². The monoisotopic (exact) mass is 409 g/mol. The third kappa shape index (κ3) is 3.91. The molecule has 133 valence electrons. The van der Waals surface area contributed by atoms with Gasteiger partial charge >= 0.3 is 0 Å². The van der Waals surface area contributed by atoms with Crippen LogP contribution in [0, 0.1) is 0 Å². The quantitative estimate of drug-likeness (QED) is 0.334. The Labute approximate surface area is 150 Å². The highest BCUT2D eigenvalue weighted by molar-refractivity contribution is 9.10. The second kappa shape index (κ2) is 6.63. The van der Waals surface area contributed by atoms with Crippen molar-refractivity contribution in [3.8, 4) is 0 Å². The summed E-state index contributed by atoms with van der Waals surface area (Å²) in [4.78, 5) is 0. The molecule has 0 fully saturated rings. The molecule has 0 aromatic carbocycles. The molecule has 0 aromatic rings. The Morgan fingerprint density at radius 1 is 0.773 bits per heavy atom. The molecule has 1 unspecified atom stereocenters. The van der Waals surface area contributed by atoms with Gasteiger partial charge in [-0.05, 0) is 20.2 Å². The van der Waals surface area contributed by atoms with Crippen LogP contribution in [0.5, 0.6) is 0 Å². The summed E-state index contributed by atoms with van der Waals surface area (Å²) < 4.78 is 14.5. The molecule has 0 bridgehead atoms. The van der Waals surface area contributed by atoms with Gasteiger partial charge in [0.15, 0.2) is 0 Å². The minimum atomic E-state index is -1.98. The first-order chi connectivity index (χ1) is 9.35.